The van der Waals surface area contributed by atoms with Crippen molar-refractivity contribution in [2.24, 2.45) is 0 Å². The molecule has 0 saturated carbocycles. The lowest BCUT2D eigenvalue weighted by Crippen LogP contribution is -2.67. The Balaban J connectivity index is 2.09. The zero-order valence-corrected chi connectivity index (χ0v) is 25.5. The van der Waals surface area contributed by atoms with Gasteiger partial charge in [-0.05, 0) is 67.5 Å². The van der Waals surface area contributed by atoms with Crippen molar-refractivity contribution >= 4 is 49.3 Å². The minimum atomic E-state index is -3.25. The Morgan fingerprint density at radius 2 is 0.735 bits per heavy atom. The molecule has 0 spiro atoms. The smallest absolute Gasteiger partial charge is 0.409 e. The second-order valence-corrected chi connectivity index (χ2v) is 24.8. The minimum absolute atomic E-state index is 1.24. The van der Waals surface area contributed by atoms with Crippen molar-refractivity contribution < 1.29 is 12.3 Å². The third-order valence-corrected chi connectivity index (χ3v) is 21.4. The summed E-state index contributed by atoms with van der Waals surface area (Å²) < 4.78 is 21.5. The van der Waals surface area contributed by atoms with Crippen LogP contribution in [0.1, 0.15) is 6.92 Å². The van der Waals surface area contributed by atoms with Gasteiger partial charge in [0.1, 0.15) is 0 Å². The lowest BCUT2D eigenvalue weighted by Gasteiger charge is -2.43. The van der Waals surface area contributed by atoms with Gasteiger partial charge in [0.05, 0.1) is 0 Å². The van der Waals surface area contributed by atoms with E-state index in [1.807, 2.05) is 13.0 Å². The molecule has 0 fully saturated rings. The van der Waals surface area contributed by atoms with Crippen LogP contribution < -0.4 is 15.6 Å². The SMILES string of the molecule is CC=C[Si](O[Si](C)(C)c1ccccc1)(O[Si](C)(C)c1ccccc1)O[Si](C)(C)c1ccccc1. The Morgan fingerprint density at radius 3 is 0.971 bits per heavy atom. The van der Waals surface area contributed by atoms with Crippen LogP contribution in [-0.2, 0) is 12.3 Å². The topological polar surface area (TPSA) is 27.7 Å². The van der Waals surface area contributed by atoms with Crippen LogP contribution in [0.5, 0.6) is 0 Å². The summed E-state index contributed by atoms with van der Waals surface area (Å²) in [5, 5.41) is 3.71. The highest BCUT2D eigenvalue weighted by Gasteiger charge is 2.52. The van der Waals surface area contributed by atoms with E-state index in [2.05, 4.69) is 136 Å². The molecule has 3 rings (SSSR count). The van der Waals surface area contributed by atoms with Gasteiger partial charge in [0.2, 0.25) is 25.0 Å². The van der Waals surface area contributed by atoms with E-state index in [1.54, 1.807) is 0 Å². The second-order valence-electron chi connectivity index (χ2n) is 10.0. The summed E-state index contributed by atoms with van der Waals surface area (Å²) in [6.07, 6.45) is 2.05. The van der Waals surface area contributed by atoms with Crippen molar-refractivity contribution in [3.8, 4) is 0 Å². The Hall–Kier alpha value is -1.85. The Labute approximate surface area is 210 Å². The molecular formula is C27H38O3Si4. The first-order valence-corrected chi connectivity index (χ1v) is 22.4. The summed E-state index contributed by atoms with van der Waals surface area (Å²) in [5.41, 5.74) is 2.11. The van der Waals surface area contributed by atoms with Crippen molar-refractivity contribution in [3.63, 3.8) is 0 Å². The van der Waals surface area contributed by atoms with Crippen molar-refractivity contribution in [2.45, 2.75) is 46.2 Å². The van der Waals surface area contributed by atoms with E-state index in [1.165, 1.54) is 15.6 Å². The monoisotopic (exact) mass is 522 g/mol. The van der Waals surface area contributed by atoms with Gasteiger partial charge < -0.3 is 12.3 Å². The highest BCUT2D eigenvalue weighted by Crippen LogP contribution is 2.27. The molecule has 180 valence electrons. The van der Waals surface area contributed by atoms with Gasteiger partial charge in [0.25, 0.3) is 0 Å². The lowest BCUT2D eigenvalue weighted by molar-refractivity contribution is 0.275. The quantitative estimate of drug-likeness (QED) is 0.332. The van der Waals surface area contributed by atoms with E-state index in [9.17, 15) is 0 Å². The van der Waals surface area contributed by atoms with Gasteiger partial charge >= 0.3 is 8.80 Å². The van der Waals surface area contributed by atoms with Crippen LogP contribution >= 0.6 is 0 Å². The summed E-state index contributed by atoms with van der Waals surface area (Å²) in [4.78, 5) is 0. The lowest BCUT2D eigenvalue weighted by atomic mass is 10.4. The molecule has 0 N–H and O–H groups in total. The Kier molecular flexibility index (Phi) is 8.51. The first-order valence-electron chi connectivity index (χ1n) is 11.9. The molecule has 0 aromatic heterocycles. The maximum absolute atomic E-state index is 7.18. The summed E-state index contributed by atoms with van der Waals surface area (Å²) in [6, 6.07) is 31.6. The third-order valence-electron chi connectivity index (χ3n) is 5.97. The standard InChI is InChI=1S/C27H38O3Si4/c1-8-24-34(28-31(2,3)25-18-12-9-13-19-25,29-32(4,5)26-20-14-10-15-21-26)30-33(6,7)27-22-16-11-17-23-27/h8-24H,1-7H3. The van der Waals surface area contributed by atoms with Crippen molar-refractivity contribution in [1.29, 1.82) is 0 Å². The van der Waals surface area contributed by atoms with Gasteiger partial charge in [-0.25, -0.2) is 0 Å². The van der Waals surface area contributed by atoms with E-state index in [-0.39, 0.29) is 0 Å². The second kappa shape index (κ2) is 10.8. The Morgan fingerprint density at radius 1 is 0.471 bits per heavy atom. The van der Waals surface area contributed by atoms with Gasteiger partial charge in [-0.1, -0.05) is 97.1 Å². The molecule has 3 aromatic rings. The molecule has 0 unspecified atom stereocenters. The zero-order chi connectivity index (χ0) is 24.9. The minimum Gasteiger partial charge on any atom is -0.409 e. The molecule has 0 heterocycles. The molecular weight excluding hydrogens is 485 g/mol. The molecule has 7 heteroatoms. The predicted molar refractivity (Wildman–Crippen MR) is 154 cm³/mol. The fourth-order valence-electron chi connectivity index (χ4n) is 4.13. The summed E-state index contributed by atoms with van der Waals surface area (Å²) in [6.45, 7) is 15.5. The highest BCUT2D eigenvalue weighted by molar-refractivity contribution is 7.00. The maximum Gasteiger partial charge on any atom is 0.498 e. The number of allylic oxidation sites excluding steroid dienone is 1. The summed E-state index contributed by atoms with van der Waals surface area (Å²) >= 11 is 0. The van der Waals surface area contributed by atoms with Gasteiger partial charge in [0.15, 0.2) is 0 Å². The molecule has 0 saturated heterocycles. The van der Waals surface area contributed by atoms with E-state index in [4.69, 9.17) is 12.3 Å². The zero-order valence-electron chi connectivity index (χ0n) is 21.5. The van der Waals surface area contributed by atoms with Crippen LogP contribution in [0.2, 0.25) is 39.3 Å². The van der Waals surface area contributed by atoms with Crippen molar-refractivity contribution in [1.82, 2.24) is 0 Å². The van der Waals surface area contributed by atoms with Crippen LogP contribution in [0.4, 0.5) is 0 Å². The van der Waals surface area contributed by atoms with E-state index >= 15 is 0 Å². The van der Waals surface area contributed by atoms with Gasteiger partial charge in [-0.3, -0.25) is 0 Å². The van der Waals surface area contributed by atoms with Crippen molar-refractivity contribution in [2.75, 3.05) is 0 Å². The maximum atomic E-state index is 7.18. The largest absolute Gasteiger partial charge is 0.498 e. The van der Waals surface area contributed by atoms with Crippen LogP contribution in [0, 0.1) is 0 Å². The van der Waals surface area contributed by atoms with Gasteiger partial charge in [-0.15, -0.1) is 0 Å². The van der Waals surface area contributed by atoms with Gasteiger partial charge in [0, 0.05) is 0 Å². The summed E-state index contributed by atoms with van der Waals surface area (Å²) in [7, 11) is -10.3. The molecule has 3 aromatic carbocycles. The fraction of sp³-hybridized carbons (Fsp3) is 0.259. The molecule has 0 radical (unpaired) electrons. The molecule has 0 aliphatic heterocycles. The van der Waals surface area contributed by atoms with Crippen LogP contribution in [-0.4, -0.2) is 33.8 Å². The fourth-order valence-corrected chi connectivity index (χ4v) is 19.9. The first kappa shape index (κ1) is 26.7. The molecule has 0 aliphatic carbocycles. The predicted octanol–water partition coefficient (Wildman–Crippen LogP) is 5.43. The van der Waals surface area contributed by atoms with Crippen LogP contribution in [0.25, 0.3) is 0 Å². The number of hydrogen-bond donors (Lipinski definition) is 0. The van der Waals surface area contributed by atoms with E-state index in [0.717, 1.165) is 0 Å². The van der Waals surface area contributed by atoms with Crippen LogP contribution in [0.15, 0.2) is 103 Å². The highest BCUT2D eigenvalue weighted by atomic mass is 28.5. The molecule has 34 heavy (non-hydrogen) atoms. The normalized spacial score (nSPS) is 13.4. The molecule has 0 atom stereocenters. The number of rotatable bonds is 10. The first-order chi connectivity index (χ1) is 16.0. The number of benzene rings is 3. The summed E-state index contributed by atoms with van der Waals surface area (Å²) in [5.74, 6) is 0. The molecule has 0 amide bonds. The Bertz CT molecular complexity index is 939. The van der Waals surface area contributed by atoms with E-state index in [0.29, 0.717) is 0 Å². The van der Waals surface area contributed by atoms with Crippen LogP contribution in [0.3, 0.4) is 0 Å². The molecule has 3 nitrogen and oxygen atoms in total. The van der Waals surface area contributed by atoms with Gasteiger partial charge in [-0.2, -0.15) is 0 Å². The average molecular weight is 523 g/mol. The molecule has 0 aliphatic rings. The third kappa shape index (κ3) is 6.63. The molecule has 0 bridgehead atoms. The van der Waals surface area contributed by atoms with E-state index < -0.39 is 33.8 Å². The van der Waals surface area contributed by atoms with Crippen molar-refractivity contribution in [3.05, 3.63) is 103 Å². The average Bonchev–Trinajstić information content (AvgIpc) is 2.80. The number of hydrogen-bond acceptors (Lipinski definition) is 3.